The second-order valence-corrected chi connectivity index (χ2v) is 9.56. The molecule has 0 saturated carbocycles. The molecule has 0 aliphatic carbocycles. The Labute approximate surface area is 225 Å². The molecule has 10 nitrogen and oxygen atoms in total. The number of carboxylic acids is 1. The van der Waals surface area contributed by atoms with E-state index in [1.54, 1.807) is 47.8 Å². The first-order valence-electron chi connectivity index (χ1n) is 10.9. The molecule has 1 aromatic heterocycles. The van der Waals surface area contributed by atoms with Crippen molar-refractivity contribution in [3.63, 3.8) is 0 Å². The third kappa shape index (κ3) is 6.96. The van der Waals surface area contributed by atoms with E-state index < -0.39 is 36.0 Å². The van der Waals surface area contributed by atoms with Crippen molar-refractivity contribution in [3.8, 4) is 5.75 Å². The minimum absolute atomic E-state index is 0.0126. The van der Waals surface area contributed by atoms with Crippen LogP contribution in [0.2, 0.25) is 10.0 Å². The van der Waals surface area contributed by atoms with E-state index >= 15 is 0 Å². The van der Waals surface area contributed by atoms with Gasteiger partial charge in [-0.05, 0) is 29.8 Å². The first kappa shape index (κ1) is 26.8. The van der Waals surface area contributed by atoms with E-state index in [1.165, 1.54) is 17.5 Å². The number of thiazole rings is 1. The number of hydrogen-bond acceptors (Lipinski definition) is 8. The third-order valence-electron chi connectivity index (χ3n) is 5.37. The molecule has 2 heterocycles. The number of carbonyl (C=O) groups is 3. The zero-order valence-electron chi connectivity index (χ0n) is 19.1. The van der Waals surface area contributed by atoms with Crippen LogP contribution in [0.15, 0.2) is 54.0 Å². The zero-order chi connectivity index (χ0) is 26.4. The lowest BCUT2D eigenvalue weighted by molar-refractivity contribution is -0.144. The minimum Gasteiger partial charge on any atom is -0.489 e. The summed E-state index contributed by atoms with van der Waals surface area (Å²) >= 11 is 13.5. The first-order valence-corrected chi connectivity index (χ1v) is 12.6. The highest BCUT2D eigenvalue weighted by molar-refractivity contribution is 7.13. The largest absolute Gasteiger partial charge is 0.489 e. The highest BCUT2D eigenvalue weighted by Crippen LogP contribution is 2.26. The second-order valence-electron chi connectivity index (χ2n) is 7.86. The molecule has 3 N–H and O–H groups in total. The summed E-state index contributed by atoms with van der Waals surface area (Å²) in [6.07, 6.45) is -1.06. The monoisotopic (exact) mass is 565 g/mol. The average Bonchev–Trinajstić information content (AvgIpc) is 3.56. The Hall–Kier alpha value is -3.22. The van der Waals surface area contributed by atoms with Crippen LogP contribution in [0.4, 0.5) is 5.13 Å². The Bertz CT molecular complexity index is 1240. The van der Waals surface area contributed by atoms with E-state index in [4.69, 9.17) is 37.4 Å². The number of aliphatic carboxylic acids is 1. The Kier molecular flexibility index (Phi) is 8.95. The molecule has 0 radical (unpaired) electrons. The maximum Gasteiger partial charge on any atom is 0.326 e. The molecular weight excluding hydrogens is 545 g/mol. The van der Waals surface area contributed by atoms with Gasteiger partial charge in [0.1, 0.15) is 25.2 Å². The van der Waals surface area contributed by atoms with Crippen LogP contribution in [0.1, 0.15) is 11.1 Å². The molecule has 2 aromatic carbocycles. The Morgan fingerprint density at radius 3 is 2.38 bits per heavy atom. The summed E-state index contributed by atoms with van der Waals surface area (Å²) in [4.78, 5) is 41.1. The molecule has 3 aromatic rings. The second kappa shape index (κ2) is 12.3. The number of amides is 2. The van der Waals surface area contributed by atoms with E-state index in [0.29, 0.717) is 32.1 Å². The molecule has 1 saturated heterocycles. The highest BCUT2D eigenvalue weighted by atomic mass is 35.5. The summed E-state index contributed by atoms with van der Waals surface area (Å²) in [6, 6.07) is 10.6. The number of rotatable bonds is 10. The van der Waals surface area contributed by atoms with Crippen LogP contribution in [0.3, 0.4) is 0 Å². The van der Waals surface area contributed by atoms with Crippen molar-refractivity contribution in [2.24, 2.45) is 0 Å². The van der Waals surface area contributed by atoms with Crippen molar-refractivity contribution < 1.29 is 33.7 Å². The molecule has 4 rings (SSSR count). The minimum atomic E-state index is -1.31. The molecule has 13 heteroatoms. The Morgan fingerprint density at radius 1 is 1.08 bits per heavy atom. The fraction of sp³-hybridized carbons (Fsp3) is 0.250. The first-order chi connectivity index (χ1) is 17.8. The molecule has 1 aliphatic rings. The number of carboxylic acid groups (broad SMARTS) is 1. The van der Waals surface area contributed by atoms with Gasteiger partial charge in [-0.1, -0.05) is 41.4 Å². The lowest BCUT2D eigenvalue weighted by Gasteiger charge is -2.19. The summed E-state index contributed by atoms with van der Waals surface area (Å²) in [5.41, 5.74) is 1.29. The van der Waals surface area contributed by atoms with Crippen LogP contribution >= 0.6 is 34.5 Å². The molecule has 194 valence electrons. The smallest absolute Gasteiger partial charge is 0.326 e. The number of anilines is 1. The van der Waals surface area contributed by atoms with Crippen LogP contribution in [0.25, 0.3) is 0 Å². The van der Waals surface area contributed by atoms with Crippen molar-refractivity contribution in [1.29, 1.82) is 0 Å². The molecule has 0 bridgehead atoms. The van der Waals surface area contributed by atoms with Gasteiger partial charge in [0.25, 0.3) is 11.8 Å². The quantitative estimate of drug-likeness (QED) is 0.339. The predicted molar refractivity (Wildman–Crippen MR) is 136 cm³/mol. The summed E-state index contributed by atoms with van der Waals surface area (Å²) in [5, 5.41) is 17.6. The summed E-state index contributed by atoms with van der Waals surface area (Å²) < 4.78 is 16.2. The van der Waals surface area contributed by atoms with Crippen molar-refractivity contribution in [2.45, 2.75) is 31.3 Å². The lowest BCUT2D eigenvalue weighted by atomic mass is 10.0. The number of nitrogens with one attached hydrogen (secondary N) is 2. The SMILES string of the molecule is O=C(O)[C@H](Cc1ccc(OCc2c(Cl)cccc2Cl)cc1)NC(=O)[C@@H]1OCO[C@H]1C(=O)Nc1nccs1. The fourth-order valence-corrected chi connectivity index (χ4v) is 4.52. The number of hydrogen-bond donors (Lipinski definition) is 3. The Morgan fingerprint density at radius 2 is 1.76 bits per heavy atom. The average molecular weight is 566 g/mol. The van der Waals surface area contributed by atoms with Gasteiger partial charge >= 0.3 is 5.97 Å². The van der Waals surface area contributed by atoms with Gasteiger partial charge in [-0.3, -0.25) is 14.9 Å². The lowest BCUT2D eigenvalue weighted by Crippen LogP contribution is -2.51. The van der Waals surface area contributed by atoms with Crippen LogP contribution in [0, 0.1) is 0 Å². The topological polar surface area (TPSA) is 136 Å². The van der Waals surface area contributed by atoms with Crippen molar-refractivity contribution in [2.75, 3.05) is 12.1 Å². The predicted octanol–water partition coefficient (Wildman–Crippen LogP) is 3.52. The van der Waals surface area contributed by atoms with Crippen LogP contribution in [-0.4, -0.2) is 52.9 Å². The molecule has 3 atom stereocenters. The van der Waals surface area contributed by atoms with E-state index in [2.05, 4.69) is 15.6 Å². The number of ether oxygens (including phenoxy) is 3. The van der Waals surface area contributed by atoms with E-state index in [9.17, 15) is 19.5 Å². The number of aromatic nitrogens is 1. The van der Waals surface area contributed by atoms with Gasteiger partial charge in [0.05, 0.1) is 0 Å². The van der Waals surface area contributed by atoms with Crippen LogP contribution in [0.5, 0.6) is 5.75 Å². The number of nitrogens with zero attached hydrogens (tertiary/aromatic N) is 1. The number of carbonyl (C=O) groups excluding carboxylic acids is 2. The standard InChI is InChI=1S/C24H21Cl2N3O7S/c25-16-2-1-3-17(26)15(16)11-34-14-6-4-13(5-7-14)10-18(23(32)33)28-21(30)19-20(36-12-35-19)22(31)29-24-27-8-9-37-24/h1-9,18-20H,10-12H2,(H,28,30)(H,32,33)(H,27,29,31)/t18-,19+,20+/m0/s1. The van der Waals surface area contributed by atoms with Gasteiger partial charge in [-0.2, -0.15) is 0 Å². The molecule has 1 aliphatic heterocycles. The molecule has 37 heavy (non-hydrogen) atoms. The number of halogens is 2. The molecule has 0 spiro atoms. The maximum atomic E-state index is 12.8. The van der Waals surface area contributed by atoms with Crippen LogP contribution < -0.4 is 15.4 Å². The highest BCUT2D eigenvalue weighted by Gasteiger charge is 2.41. The normalized spacial score (nSPS) is 17.7. The van der Waals surface area contributed by atoms with Crippen molar-refractivity contribution >= 4 is 57.5 Å². The Balaban J connectivity index is 1.34. The van der Waals surface area contributed by atoms with E-state index in [1.807, 2.05) is 0 Å². The number of benzene rings is 2. The zero-order valence-corrected chi connectivity index (χ0v) is 21.4. The van der Waals surface area contributed by atoms with Gasteiger partial charge in [0, 0.05) is 33.6 Å². The summed E-state index contributed by atoms with van der Waals surface area (Å²) in [7, 11) is 0. The maximum absolute atomic E-state index is 12.8. The molecule has 2 amide bonds. The van der Waals surface area contributed by atoms with E-state index in [-0.39, 0.29) is 19.8 Å². The van der Waals surface area contributed by atoms with Gasteiger partial charge in [-0.15, -0.1) is 11.3 Å². The van der Waals surface area contributed by atoms with Gasteiger partial charge < -0.3 is 24.6 Å². The fourth-order valence-electron chi connectivity index (χ4n) is 3.49. The molecular formula is C24H21Cl2N3O7S. The van der Waals surface area contributed by atoms with Gasteiger partial charge in [-0.25, -0.2) is 9.78 Å². The van der Waals surface area contributed by atoms with Gasteiger partial charge in [0.15, 0.2) is 17.3 Å². The summed E-state index contributed by atoms with van der Waals surface area (Å²) in [6.45, 7) is -0.126. The third-order valence-corrected chi connectivity index (χ3v) is 6.77. The summed E-state index contributed by atoms with van der Waals surface area (Å²) in [5.74, 6) is -2.11. The van der Waals surface area contributed by atoms with Crippen molar-refractivity contribution in [3.05, 3.63) is 75.2 Å². The van der Waals surface area contributed by atoms with Gasteiger partial charge in [0.2, 0.25) is 0 Å². The molecule has 0 unspecified atom stereocenters. The van der Waals surface area contributed by atoms with E-state index in [0.717, 1.165) is 0 Å². The molecule has 1 fully saturated rings. The van der Waals surface area contributed by atoms with Crippen molar-refractivity contribution in [1.82, 2.24) is 10.3 Å². The van der Waals surface area contributed by atoms with Crippen LogP contribution in [-0.2, 0) is 36.9 Å².